The summed E-state index contributed by atoms with van der Waals surface area (Å²) in [5.74, 6) is 1.61. The molecule has 0 atom stereocenters. The highest BCUT2D eigenvalue weighted by molar-refractivity contribution is 7.98. The number of hydrogen-bond acceptors (Lipinski definition) is 6. The summed E-state index contributed by atoms with van der Waals surface area (Å²) < 4.78 is 0. The average molecular weight is 353 g/mol. The van der Waals surface area contributed by atoms with E-state index in [9.17, 15) is 0 Å². The van der Waals surface area contributed by atoms with E-state index in [0.717, 1.165) is 53.0 Å². The topological polar surface area (TPSA) is 63.6 Å². The fraction of sp³-hybridized carbons (Fsp3) is 0.368. The fourth-order valence-electron chi connectivity index (χ4n) is 2.39. The van der Waals surface area contributed by atoms with Crippen LogP contribution in [0.2, 0.25) is 0 Å². The molecule has 0 aliphatic carbocycles. The van der Waals surface area contributed by atoms with Gasteiger partial charge in [0.15, 0.2) is 22.1 Å². The van der Waals surface area contributed by atoms with Crippen LogP contribution in [0.4, 0.5) is 5.82 Å². The van der Waals surface area contributed by atoms with Crippen molar-refractivity contribution in [2.45, 2.75) is 44.5 Å². The van der Waals surface area contributed by atoms with Gasteiger partial charge in [0.05, 0.1) is 11.4 Å². The predicted octanol–water partition coefficient (Wildman–Crippen LogP) is 4.54. The van der Waals surface area contributed by atoms with Gasteiger partial charge in [-0.25, -0.2) is 19.9 Å². The molecule has 6 heteroatoms. The van der Waals surface area contributed by atoms with Gasteiger partial charge in [0.2, 0.25) is 0 Å². The minimum Gasteiger partial charge on any atom is -0.368 e. The number of hydrogen-bond donors (Lipinski definition) is 1. The van der Waals surface area contributed by atoms with E-state index < -0.39 is 0 Å². The highest BCUT2D eigenvalue weighted by atomic mass is 32.2. The highest BCUT2D eigenvalue weighted by Gasteiger charge is 2.12. The van der Waals surface area contributed by atoms with Crippen LogP contribution in [0.3, 0.4) is 0 Å². The van der Waals surface area contributed by atoms with Crippen LogP contribution in [-0.4, -0.2) is 26.5 Å². The maximum Gasteiger partial charge on any atom is 0.192 e. The first-order chi connectivity index (χ1) is 12.2. The zero-order valence-corrected chi connectivity index (χ0v) is 15.7. The summed E-state index contributed by atoms with van der Waals surface area (Å²) in [6.07, 6.45) is 2.23. The standard InChI is InChI=1S/C19H23N5S/c1-4-5-11-20-17-16-18(22-14(3)13(2)21-16)24-19(23-17)25-12-15-9-7-6-8-10-15/h6-10H,4-5,11-12H2,1-3H3,(H,20,22,23,24). The number of unbranched alkanes of at least 4 members (excludes halogenated alkanes) is 1. The Kier molecular flexibility index (Phi) is 5.81. The molecule has 0 fully saturated rings. The van der Waals surface area contributed by atoms with Crippen LogP contribution >= 0.6 is 11.8 Å². The Morgan fingerprint density at radius 3 is 2.48 bits per heavy atom. The molecule has 0 bridgehead atoms. The Morgan fingerprint density at radius 1 is 0.960 bits per heavy atom. The molecule has 0 spiro atoms. The number of aromatic nitrogens is 4. The second-order valence-electron chi connectivity index (χ2n) is 5.98. The first kappa shape index (κ1) is 17.6. The second-order valence-corrected chi connectivity index (χ2v) is 6.92. The maximum absolute atomic E-state index is 4.70. The molecule has 2 heterocycles. The van der Waals surface area contributed by atoms with Gasteiger partial charge in [-0.15, -0.1) is 0 Å². The van der Waals surface area contributed by atoms with E-state index in [1.807, 2.05) is 32.0 Å². The van der Waals surface area contributed by atoms with Crippen LogP contribution in [0.5, 0.6) is 0 Å². The minimum atomic E-state index is 0.660. The molecule has 0 aliphatic rings. The normalized spacial score (nSPS) is 11.0. The van der Waals surface area contributed by atoms with Crippen molar-refractivity contribution < 1.29 is 0 Å². The van der Waals surface area contributed by atoms with Gasteiger partial charge in [-0.2, -0.15) is 0 Å². The van der Waals surface area contributed by atoms with Crippen molar-refractivity contribution in [1.82, 2.24) is 19.9 Å². The van der Waals surface area contributed by atoms with Crippen molar-refractivity contribution in [2.24, 2.45) is 0 Å². The van der Waals surface area contributed by atoms with Crippen molar-refractivity contribution in [3.63, 3.8) is 0 Å². The van der Waals surface area contributed by atoms with Crippen molar-refractivity contribution >= 4 is 28.7 Å². The number of anilines is 1. The molecule has 0 saturated heterocycles. The lowest BCUT2D eigenvalue weighted by Gasteiger charge is -2.10. The SMILES string of the molecule is CCCCNc1nc(SCc2ccccc2)nc2nc(C)c(C)nc12. The molecule has 130 valence electrons. The molecule has 25 heavy (non-hydrogen) atoms. The largest absolute Gasteiger partial charge is 0.368 e. The third-order valence-corrected chi connectivity index (χ3v) is 4.87. The van der Waals surface area contributed by atoms with E-state index in [0.29, 0.717) is 5.65 Å². The molecule has 5 nitrogen and oxygen atoms in total. The number of rotatable bonds is 7. The monoisotopic (exact) mass is 353 g/mol. The van der Waals surface area contributed by atoms with Crippen molar-refractivity contribution in [3.05, 3.63) is 47.3 Å². The van der Waals surface area contributed by atoms with Crippen molar-refractivity contribution in [3.8, 4) is 0 Å². The van der Waals surface area contributed by atoms with E-state index in [4.69, 9.17) is 4.98 Å². The number of thioether (sulfide) groups is 1. The zero-order chi connectivity index (χ0) is 17.6. The average Bonchev–Trinajstić information content (AvgIpc) is 2.62. The van der Waals surface area contributed by atoms with Gasteiger partial charge >= 0.3 is 0 Å². The van der Waals surface area contributed by atoms with Crippen molar-refractivity contribution in [1.29, 1.82) is 0 Å². The molecule has 0 unspecified atom stereocenters. The van der Waals surface area contributed by atoms with E-state index in [1.165, 1.54) is 5.56 Å². The molecule has 0 radical (unpaired) electrons. The van der Waals surface area contributed by atoms with Crippen LogP contribution in [0.15, 0.2) is 35.5 Å². The number of fused-ring (bicyclic) bond motifs is 1. The lowest BCUT2D eigenvalue weighted by molar-refractivity contribution is 0.826. The van der Waals surface area contributed by atoms with Gasteiger partial charge in [-0.3, -0.25) is 0 Å². The molecular formula is C19H23N5S. The Hall–Kier alpha value is -2.21. The third-order valence-electron chi connectivity index (χ3n) is 3.96. The molecule has 1 N–H and O–H groups in total. The van der Waals surface area contributed by atoms with Crippen LogP contribution < -0.4 is 5.32 Å². The second kappa shape index (κ2) is 8.25. The van der Waals surface area contributed by atoms with E-state index in [1.54, 1.807) is 11.8 Å². The van der Waals surface area contributed by atoms with E-state index >= 15 is 0 Å². The quantitative estimate of drug-likeness (QED) is 0.382. The van der Waals surface area contributed by atoms with Crippen LogP contribution in [0.25, 0.3) is 11.2 Å². The van der Waals surface area contributed by atoms with Crippen LogP contribution in [-0.2, 0) is 5.75 Å². The molecule has 2 aromatic heterocycles. The fourth-order valence-corrected chi connectivity index (χ4v) is 3.18. The summed E-state index contributed by atoms with van der Waals surface area (Å²) in [7, 11) is 0. The maximum atomic E-state index is 4.70. The minimum absolute atomic E-state index is 0.660. The zero-order valence-electron chi connectivity index (χ0n) is 14.9. The van der Waals surface area contributed by atoms with E-state index in [2.05, 4.69) is 39.3 Å². The third kappa shape index (κ3) is 4.45. The number of nitrogens with one attached hydrogen (secondary N) is 1. The summed E-state index contributed by atoms with van der Waals surface area (Å²) in [5.41, 5.74) is 4.49. The summed E-state index contributed by atoms with van der Waals surface area (Å²) >= 11 is 1.62. The van der Waals surface area contributed by atoms with Gasteiger partial charge < -0.3 is 5.32 Å². The van der Waals surface area contributed by atoms with Gasteiger partial charge in [-0.05, 0) is 25.8 Å². The number of nitrogens with zero attached hydrogens (tertiary/aromatic N) is 4. The molecule has 0 amide bonds. The summed E-state index contributed by atoms with van der Waals surface area (Å²) in [6.45, 7) is 6.98. The molecular weight excluding hydrogens is 330 g/mol. The number of benzene rings is 1. The van der Waals surface area contributed by atoms with E-state index in [-0.39, 0.29) is 0 Å². The summed E-state index contributed by atoms with van der Waals surface area (Å²) in [6, 6.07) is 10.3. The predicted molar refractivity (Wildman–Crippen MR) is 104 cm³/mol. The van der Waals surface area contributed by atoms with Crippen LogP contribution in [0.1, 0.15) is 36.7 Å². The van der Waals surface area contributed by atoms with Crippen LogP contribution in [0, 0.1) is 13.8 Å². The molecule has 3 aromatic rings. The van der Waals surface area contributed by atoms with Gasteiger partial charge in [0.1, 0.15) is 0 Å². The smallest absolute Gasteiger partial charge is 0.192 e. The molecule has 0 aliphatic heterocycles. The van der Waals surface area contributed by atoms with Gasteiger partial charge in [0, 0.05) is 12.3 Å². The number of aryl methyl sites for hydroxylation is 2. The van der Waals surface area contributed by atoms with Crippen molar-refractivity contribution in [2.75, 3.05) is 11.9 Å². The first-order valence-corrected chi connectivity index (χ1v) is 9.59. The lowest BCUT2D eigenvalue weighted by Crippen LogP contribution is -2.08. The Morgan fingerprint density at radius 2 is 1.72 bits per heavy atom. The van der Waals surface area contributed by atoms with Gasteiger partial charge in [0.25, 0.3) is 0 Å². The Labute approximate surface area is 152 Å². The summed E-state index contributed by atoms with van der Waals surface area (Å²) in [4.78, 5) is 18.6. The highest BCUT2D eigenvalue weighted by Crippen LogP contribution is 2.25. The molecule has 3 rings (SSSR count). The molecule has 1 aromatic carbocycles. The molecule has 0 saturated carbocycles. The lowest BCUT2D eigenvalue weighted by atomic mass is 10.2. The summed E-state index contributed by atoms with van der Waals surface area (Å²) in [5, 5.41) is 4.14. The first-order valence-electron chi connectivity index (χ1n) is 8.61. The Bertz CT molecular complexity index is 851. The van der Waals surface area contributed by atoms with Gasteiger partial charge in [-0.1, -0.05) is 55.4 Å². The Balaban J connectivity index is 1.91.